The molecule has 0 heterocycles. The van der Waals surface area contributed by atoms with E-state index in [-0.39, 0.29) is 23.6 Å². The second kappa shape index (κ2) is 10.3. The van der Waals surface area contributed by atoms with E-state index in [1.165, 1.54) is 11.1 Å². The highest BCUT2D eigenvalue weighted by atomic mass is 16.5. The molecule has 2 atom stereocenters. The van der Waals surface area contributed by atoms with Gasteiger partial charge in [0.15, 0.2) is 5.78 Å². The first-order chi connectivity index (χ1) is 11.3. The molecule has 3 heteroatoms. The monoisotopic (exact) mass is 332 g/mol. The molecule has 0 spiro atoms. The Hall–Kier alpha value is -1.64. The van der Waals surface area contributed by atoms with Crippen LogP contribution in [0.25, 0.3) is 0 Å². The van der Waals surface area contributed by atoms with Gasteiger partial charge in [0.2, 0.25) is 0 Å². The Balaban J connectivity index is 2.57. The summed E-state index contributed by atoms with van der Waals surface area (Å²) in [5.41, 5.74) is 3.40. The van der Waals surface area contributed by atoms with Crippen LogP contribution in [0.1, 0.15) is 66.7 Å². The molecule has 0 saturated heterocycles. The van der Waals surface area contributed by atoms with Crippen molar-refractivity contribution in [2.75, 3.05) is 6.61 Å². The molecule has 0 fully saturated rings. The Morgan fingerprint density at radius 2 is 2.00 bits per heavy atom. The summed E-state index contributed by atoms with van der Waals surface area (Å²) in [4.78, 5) is 24.2. The van der Waals surface area contributed by atoms with E-state index in [9.17, 15) is 9.59 Å². The molecule has 1 aliphatic carbocycles. The van der Waals surface area contributed by atoms with Crippen LogP contribution in [0.2, 0.25) is 0 Å². The minimum absolute atomic E-state index is 0.0859. The van der Waals surface area contributed by atoms with Gasteiger partial charge in [0.25, 0.3) is 0 Å². The van der Waals surface area contributed by atoms with E-state index in [0.29, 0.717) is 13.0 Å². The van der Waals surface area contributed by atoms with Crippen molar-refractivity contribution in [1.29, 1.82) is 0 Å². The molecule has 0 aromatic rings. The van der Waals surface area contributed by atoms with Crippen molar-refractivity contribution in [3.05, 3.63) is 34.9 Å². The predicted octanol–water partition coefficient (Wildman–Crippen LogP) is 5.17. The summed E-state index contributed by atoms with van der Waals surface area (Å²) in [6.07, 6.45) is 10.1. The fraction of sp³-hybridized carbons (Fsp3) is 0.619. The first-order valence-electron chi connectivity index (χ1n) is 9.01. The van der Waals surface area contributed by atoms with Crippen molar-refractivity contribution in [2.45, 2.75) is 66.7 Å². The maximum absolute atomic E-state index is 12.5. The Bertz CT molecular complexity index is 533. The Morgan fingerprint density at radius 1 is 1.29 bits per heavy atom. The number of ketones is 1. The second-order valence-electron chi connectivity index (χ2n) is 7.09. The highest BCUT2D eigenvalue weighted by Gasteiger charge is 2.34. The van der Waals surface area contributed by atoms with Gasteiger partial charge in [-0.05, 0) is 65.0 Å². The summed E-state index contributed by atoms with van der Waals surface area (Å²) in [5.74, 6) is -0.238. The van der Waals surface area contributed by atoms with Crippen LogP contribution in [0.3, 0.4) is 0 Å². The van der Waals surface area contributed by atoms with Gasteiger partial charge in [-0.1, -0.05) is 36.1 Å². The van der Waals surface area contributed by atoms with Gasteiger partial charge in [0.1, 0.15) is 6.61 Å². The second-order valence-corrected chi connectivity index (χ2v) is 7.09. The third-order valence-electron chi connectivity index (χ3n) is 4.48. The quantitative estimate of drug-likeness (QED) is 0.455. The number of rotatable bonds is 8. The Labute approximate surface area is 146 Å². The third-order valence-corrected chi connectivity index (χ3v) is 4.48. The molecule has 0 radical (unpaired) electrons. The van der Waals surface area contributed by atoms with Gasteiger partial charge in [0, 0.05) is 6.42 Å². The lowest BCUT2D eigenvalue weighted by atomic mass is 9.76. The maximum atomic E-state index is 12.5. The van der Waals surface area contributed by atoms with E-state index < -0.39 is 0 Å². The number of hydrogen-bond acceptors (Lipinski definition) is 3. The SMILES string of the molecule is CCCC1CC(=O)C=C(C)C1C(=O)OC/C=C(\C)CCC=C(C)C. The van der Waals surface area contributed by atoms with Crippen LogP contribution in [0.4, 0.5) is 0 Å². The summed E-state index contributed by atoms with van der Waals surface area (Å²) >= 11 is 0. The van der Waals surface area contributed by atoms with Crippen LogP contribution in [-0.4, -0.2) is 18.4 Å². The summed E-state index contributed by atoms with van der Waals surface area (Å²) in [6, 6.07) is 0. The zero-order valence-electron chi connectivity index (χ0n) is 15.9. The van der Waals surface area contributed by atoms with Crippen molar-refractivity contribution >= 4 is 11.8 Å². The number of ether oxygens (including phenoxy) is 1. The number of hydrogen-bond donors (Lipinski definition) is 0. The number of esters is 1. The van der Waals surface area contributed by atoms with Gasteiger partial charge < -0.3 is 4.74 Å². The van der Waals surface area contributed by atoms with Crippen LogP contribution in [0.15, 0.2) is 34.9 Å². The fourth-order valence-electron chi connectivity index (χ4n) is 3.21. The van der Waals surface area contributed by atoms with E-state index in [0.717, 1.165) is 31.3 Å². The molecular weight excluding hydrogens is 300 g/mol. The highest BCUT2D eigenvalue weighted by Crippen LogP contribution is 2.33. The minimum Gasteiger partial charge on any atom is -0.461 e. The van der Waals surface area contributed by atoms with Crippen molar-refractivity contribution in [1.82, 2.24) is 0 Å². The average molecular weight is 332 g/mol. The van der Waals surface area contributed by atoms with Crippen molar-refractivity contribution in [3.63, 3.8) is 0 Å². The number of carbonyl (C=O) groups excluding carboxylic acids is 2. The zero-order chi connectivity index (χ0) is 18.1. The van der Waals surface area contributed by atoms with E-state index in [1.54, 1.807) is 6.08 Å². The molecule has 0 aromatic heterocycles. The van der Waals surface area contributed by atoms with Gasteiger partial charge in [-0.3, -0.25) is 9.59 Å². The summed E-state index contributed by atoms with van der Waals surface area (Å²) in [6.45, 7) is 10.5. The largest absolute Gasteiger partial charge is 0.461 e. The molecule has 0 saturated carbocycles. The summed E-state index contributed by atoms with van der Waals surface area (Å²) in [7, 11) is 0. The van der Waals surface area contributed by atoms with Crippen LogP contribution < -0.4 is 0 Å². The van der Waals surface area contributed by atoms with Crippen LogP contribution in [0, 0.1) is 11.8 Å². The summed E-state index contributed by atoms with van der Waals surface area (Å²) in [5, 5.41) is 0. The van der Waals surface area contributed by atoms with Gasteiger partial charge in [0.05, 0.1) is 5.92 Å². The first-order valence-corrected chi connectivity index (χ1v) is 9.01. The highest BCUT2D eigenvalue weighted by molar-refractivity contribution is 5.94. The molecule has 1 aliphatic rings. The van der Waals surface area contributed by atoms with Gasteiger partial charge in [-0.25, -0.2) is 0 Å². The van der Waals surface area contributed by atoms with E-state index in [4.69, 9.17) is 4.74 Å². The average Bonchev–Trinajstić information content (AvgIpc) is 2.46. The topological polar surface area (TPSA) is 43.4 Å². The Morgan fingerprint density at radius 3 is 2.62 bits per heavy atom. The molecule has 3 nitrogen and oxygen atoms in total. The van der Waals surface area contributed by atoms with Crippen molar-refractivity contribution < 1.29 is 14.3 Å². The van der Waals surface area contributed by atoms with Crippen LogP contribution >= 0.6 is 0 Å². The molecule has 0 bridgehead atoms. The maximum Gasteiger partial charge on any atom is 0.313 e. The molecule has 2 unspecified atom stereocenters. The van der Waals surface area contributed by atoms with Gasteiger partial charge >= 0.3 is 5.97 Å². The number of allylic oxidation sites excluding steroid dienone is 4. The molecule has 0 amide bonds. The molecule has 1 rings (SSSR count). The Kier molecular flexibility index (Phi) is 8.73. The molecule has 134 valence electrons. The number of carbonyl (C=O) groups is 2. The van der Waals surface area contributed by atoms with Crippen LogP contribution in [-0.2, 0) is 14.3 Å². The van der Waals surface area contributed by atoms with Gasteiger partial charge in [-0.15, -0.1) is 0 Å². The van der Waals surface area contributed by atoms with E-state index >= 15 is 0 Å². The van der Waals surface area contributed by atoms with Crippen LogP contribution in [0.5, 0.6) is 0 Å². The lowest BCUT2D eigenvalue weighted by molar-refractivity contribution is -0.148. The molecule has 24 heavy (non-hydrogen) atoms. The third kappa shape index (κ3) is 6.86. The standard InChI is InChI=1S/C21H32O3/c1-6-8-18-14-19(22)13-17(5)20(18)21(23)24-12-11-16(4)10-7-9-15(2)3/h9,11,13,18,20H,6-8,10,12,14H2,1-5H3/b16-11+. The zero-order valence-corrected chi connectivity index (χ0v) is 15.9. The normalized spacial score (nSPS) is 21.3. The van der Waals surface area contributed by atoms with Crippen molar-refractivity contribution in [3.8, 4) is 0 Å². The molecule has 0 N–H and O–H groups in total. The molecule has 0 aromatic carbocycles. The fourth-order valence-corrected chi connectivity index (χ4v) is 3.21. The summed E-state index contributed by atoms with van der Waals surface area (Å²) < 4.78 is 5.48. The minimum atomic E-state index is -0.262. The van der Waals surface area contributed by atoms with Gasteiger partial charge in [-0.2, -0.15) is 0 Å². The predicted molar refractivity (Wildman–Crippen MR) is 98.7 cm³/mol. The van der Waals surface area contributed by atoms with Crippen molar-refractivity contribution in [2.24, 2.45) is 11.8 Å². The smallest absolute Gasteiger partial charge is 0.313 e. The lowest BCUT2D eigenvalue weighted by Gasteiger charge is -2.28. The van der Waals surface area contributed by atoms with E-state index in [2.05, 4.69) is 33.8 Å². The molecule has 0 aliphatic heterocycles. The van der Waals surface area contributed by atoms with E-state index in [1.807, 2.05) is 13.0 Å². The molecular formula is C21H32O3. The first kappa shape index (κ1) is 20.4. The lowest BCUT2D eigenvalue weighted by Crippen LogP contribution is -2.32.